The Morgan fingerprint density at radius 2 is 1.96 bits per heavy atom. The van der Waals surface area contributed by atoms with Gasteiger partial charge in [-0.25, -0.2) is 9.59 Å². The van der Waals surface area contributed by atoms with Gasteiger partial charge in [-0.1, -0.05) is 18.6 Å². The number of amides is 3. The highest BCUT2D eigenvalue weighted by molar-refractivity contribution is 5.78. The van der Waals surface area contributed by atoms with Gasteiger partial charge in [0.05, 0.1) is 5.54 Å². The van der Waals surface area contributed by atoms with Crippen molar-refractivity contribution in [2.24, 2.45) is 17.8 Å². The highest BCUT2D eigenvalue weighted by Gasteiger charge is 2.59. The minimum absolute atomic E-state index is 0.0339. The van der Waals surface area contributed by atoms with E-state index in [-0.39, 0.29) is 23.2 Å². The molecule has 2 saturated heterocycles. The number of carbonyl (C=O) groups excluding carboxylic acids is 2. The number of allylic oxidation sites excluding steroid dienone is 2. The van der Waals surface area contributed by atoms with Gasteiger partial charge in [0, 0.05) is 25.2 Å². The van der Waals surface area contributed by atoms with Gasteiger partial charge in [-0.05, 0) is 70.6 Å². The normalized spacial score (nSPS) is 37.3. The monoisotopic (exact) mass is 387 g/mol. The molecule has 0 aromatic carbocycles. The molecule has 28 heavy (non-hydrogen) atoms. The Bertz CT molecular complexity index is 749. The molecular formula is C22H33N3O3. The first-order chi connectivity index (χ1) is 13.1. The Kier molecular flexibility index (Phi) is 3.71. The number of carbonyl (C=O) groups is 2. The molecule has 3 amide bonds. The van der Waals surface area contributed by atoms with Crippen LogP contribution in [0.2, 0.25) is 0 Å². The number of urea groups is 1. The zero-order valence-corrected chi connectivity index (χ0v) is 17.6. The summed E-state index contributed by atoms with van der Waals surface area (Å²) >= 11 is 0. The van der Waals surface area contributed by atoms with Crippen molar-refractivity contribution in [1.82, 2.24) is 15.1 Å². The quantitative estimate of drug-likeness (QED) is 0.700. The molecule has 6 heteroatoms. The van der Waals surface area contributed by atoms with E-state index in [0.717, 1.165) is 38.1 Å². The fourth-order valence-electron chi connectivity index (χ4n) is 6.39. The van der Waals surface area contributed by atoms with Crippen molar-refractivity contribution in [3.05, 3.63) is 11.6 Å². The molecule has 2 bridgehead atoms. The molecule has 4 unspecified atom stereocenters. The van der Waals surface area contributed by atoms with E-state index in [1.807, 2.05) is 30.6 Å². The van der Waals surface area contributed by atoms with Gasteiger partial charge in [0.2, 0.25) is 0 Å². The highest BCUT2D eigenvalue weighted by atomic mass is 16.6. The Balaban J connectivity index is 1.19. The molecule has 5 aliphatic rings. The number of fused-ring (bicyclic) bond motifs is 1. The summed E-state index contributed by atoms with van der Waals surface area (Å²) < 4.78 is 5.53. The molecule has 4 atom stereocenters. The minimum atomic E-state index is -0.487. The van der Waals surface area contributed by atoms with Gasteiger partial charge in [0.1, 0.15) is 5.60 Å². The molecule has 154 valence electrons. The summed E-state index contributed by atoms with van der Waals surface area (Å²) in [7, 11) is 0. The van der Waals surface area contributed by atoms with Gasteiger partial charge < -0.3 is 15.0 Å². The number of ether oxygens (including phenoxy) is 1. The van der Waals surface area contributed by atoms with Crippen molar-refractivity contribution in [3.8, 4) is 0 Å². The van der Waals surface area contributed by atoms with Gasteiger partial charge in [0.15, 0.2) is 0 Å². The standard InChI is InChI=1S/C22H33N3O3/c1-14-7-15-8-16-10-21(9-14,11-17(15)16)23-18(26)24-12-22(13-24)5-6-25(22)19(27)28-20(2,3)4/h7,14,16-17H,5-6,8-13H2,1-4H3,(H,23,26). The van der Waals surface area contributed by atoms with Gasteiger partial charge in [-0.3, -0.25) is 4.90 Å². The second-order valence-electron chi connectivity index (χ2n) is 11.1. The molecule has 1 spiro atoms. The van der Waals surface area contributed by atoms with Gasteiger partial charge in [0.25, 0.3) is 0 Å². The Morgan fingerprint density at radius 3 is 2.61 bits per heavy atom. The Morgan fingerprint density at radius 1 is 1.21 bits per heavy atom. The van der Waals surface area contributed by atoms with Crippen LogP contribution in [-0.2, 0) is 4.74 Å². The van der Waals surface area contributed by atoms with Crippen molar-refractivity contribution in [2.75, 3.05) is 19.6 Å². The zero-order chi connectivity index (χ0) is 19.9. The summed E-state index contributed by atoms with van der Waals surface area (Å²) in [6, 6.07) is 0.0543. The van der Waals surface area contributed by atoms with Crippen molar-refractivity contribution < 1.29 is 14.3 Å². The summed E-state index contributed by atoms with van der Waals surface area (Å²) in [5.41, 5.74) is 0.917. The second-order valence-corrected chi connectivity index (χ2v) is 11.1. The SMILES string of the molecule is CC1C=C2CC3CC(NC(=O)N4CC5(CCN5C(=O)OC(C)(C)C)C4)(C1)CC23. The molecule has 4 fully saturated rings. The molecule has 0 radical (unpaired) electrons. The molecule has 2 saturated carbocycles. The molecule has 5 rings (SSSR count). The maximum Gasteiger partial charge on any atom is 0.410 e. The third-order valence-electron chi connectivity index (χ3n) is 7.63. The third kappa shape index (κ3) is 2.74. The number of nitrogens with zero attached hydrogens (tertiary/aromatic N) is 2. The zero-order valence-electron chi connectivity index (χ0n) is 17.6. The molecule has 3 aliphatic carbocycles. The van der Waals surface area contributed by atoms with Gasteiger partial charge in [-0.15, -0.1) is 0 Å². The first-order valence-corrected chi connectivity index (χ1v) is 10.9. The highest BCUT2D eigenvalue weighted by Crippen LogP contribution is 2.58. The Labute approximate surface area is 167 Å². The lowest BCUT2D eigenvalue weighted by Crippen LogP contribution is -2.79. The lowest BCUT2D eigenvalue weighted by molar-refractivity contribution is -0.104. The van der Waals surface area contributed by atoms with Crippen molar-refractivity contribution in [3.63, 3.8) is 0 Å². The fourth-order valence-corrected chi connectivity index (χ4v) is 6.39. The van der Waals surface area contributed by atoms with Crippen molar-refractivity contribution in [2.45, 2.75) is 76.5 Å². The molecule has 0 aromatic heterocycles. The van der Waals surface area contributed by atoms with E-state index < -0.39 is 5.60 Å². The predicted octanol–water partition coefficient (Wildman–Crippen LogP) is 3.53. The van der Waals surface area contributed by atoms with Crippen LogP contribution in [0.25, 0.3) is 0 Å². The lowest BCUT2D eigenvalue weighted by Gasteiger charge is -2.61. The maximum atomic E-state index is 13.0. The van der Waals surface area contributed by atoms with Crippen LogP contribution in [0.4, 0.5) is 9.59 Å². The summed E-state index contributed by atoms with van der Waals surface area (Å²) in [5, 5.41) is 3.44. The number of hydrogen-bond donors (Lipinski definition) is 1. The summed E-state index contributed by atoms with van der Waals surface area (Å²) in [6.45, 7) is 9.92. The van der Waals surface area contributed by atoms with E-state index >= 15 is 0 Å². The fraction of sp³-hybridized carbons (Fsp3) is 0.818. The van der Waals surface area contributed by atoms with Crippen LogP contribution in [0.1, 0.15) is 59.8 Å². The van der Waals surface area contributed by atoms with Crippen LogP contribution in [0.15, 0.2) is 11.6 Å². The second kappa shape index (κ2) is 5.67. The maximum absolute atomic E-state index is 13.0. The largest absolute Gasteiger partial charge is 0.444 e. The van der Waals surface area contributed by atoms with E-state index in [1.165, 1.54) is 6.42 Å². The molecule has 2 aliphatic heterocycles. The predicted molar refractivity (Wildman–Crippen MR) is 106 cm³/mol. The van der Waals surface area contributed by atoms with Crippen LogP contribution >= 0.6 is 0 Å². The smallest absolute Gasteiger partial charge is 0.410 e. The minimum Gasteiger partial charge on any atom is -0.444 e. The van der Waals surface area contributed by atoms with Crippen LogP contribution in [0.3, 0.4) is 0 Å². The number of rotatable bonds is 1. The number of nitrogens with one attached hydrogen (secondary N) is 1. The first kappa shape index (κ1) is 18.3. The van der Waals surface area contributed by atoms with E-state index in [9.17, 15) is 9.59 Å². The summed E-state index contributed by atoms with van der Waals surface area (Å²) in [4.78, 5) is 29.2. The molecule has 2 heterocycles. The average Bonchev–Trinajstić information content (AvgIpc) is 2.66. The number of likely N-dealkylation sites (tertiary alicyclic amines) is 2. The molecular weight excluding hydrogens is 354 g/mol. The molecule has 0 aromatic rings. The van der Waals surface area contributed by atoms with E-state index in [2.05, 4.69) is 18.3 Å². The van der Waals surface area contributed by atoms with Crippen LogP contribution < -0.4 is 5.32 Å². The summed E-state index contributed by atoms with van der Waals surface area (Å²) in [5.74, 6) is 2.02. The van der Waals surface area contributed by atoms with E-state index in [0.29, 0.717) is 24.9 Å². The summed E-state index contributed by atoms with van der Waals surface area (Å²) in [6.07, 6.45) is 7.70. The van der Waals surface area contributed by atoms with Crippen LogP contribution in [0.5, 0.6) is 0 Å². The van der Waals surface area contributed by atoms with Crippen LogP contribution in [-0.4, -0.2) is 58.2 Å². The molecule has 6 nitrogen and oxygen atoms in total. The average molecular weight is 388 g/mol. The van der Waals surface area contributed by atoms with Crippen molar-refractivity contribution in [1.29, 1.82) is 0 Å². The third-order valence-corrected chi connectivity index (χ3v) is 7.63. The van der Waals surface area contributed by atoms with Gasteiger partial charge in [-0.2, -0.15) is 0 Å². The first-order valence-electron chi connectivity index (χ1n) is 10.9. The van der Waals surface area contributed by atoms with Gasteiger partial charge >= 0.3 is 12.1 Å². The van der Waals surface area contributed by atoms with Crippen molar-refractivity contribution >= 4 is 12.1 Å². The van der Waals surface area contributed by atoms with E-state index in [4.69, 9.17) is 4.74 Å². The molecule has 1 N–H and O–H groups in total. The van der Waals surface area contributed by atoms with Crippen LogP contribution in [0, 0.1) is 17.8 Å². The lowest BCUT2D eigenvalue weighted by atomic mass is 9.70. The number of hydrogen-bond acceptors (Lipinski definition) is 3. The van der Waals surface area contributed by atoms with E-state index in [1.54, 1.807) is 5.57 Å². The Hall–Kier alpha value is -1.72. The topological polar surface area (TPSA) is 61.9 Å².